The molecule has 1 saturated heterocycles. The van der Waals surface area contributed by atoms with Crippen LogP contribution in [0.4, 0.5) is 10.5 Å². The summed E-state index contributed by atoms with van der Waals surface area (Å²) in [4.78, 5) is 50.2. The molecule has 3 aromatic rings. The third-order valence-electron chi connectivity index (χ3n) is 4.76. The third-order valence-corrected chi connectivity index (χ3v) is 5.00. The van der Waals surface area contributed by atoms with Crippen LogP contribution in [0, 0.1) is 0 Å². The summed E-state index contributed by atoms with van der Waals surface area (Å²) in [7, 11) is 0. The van der Waals surface area contributed by atoms with Crippen molar-refractivity contribution in [3.05, 3.63) is 82.6 Å². The molecule has 4 rings (SSSR count). The Morgan fingerprint density at radius 1 is 1.09 bits per heavy atom. The van der Waals surface area contributed by atoms with E-state index in [4.69, 9.17) is 20.8 Å². The molecular formula is C24H17ClN2O6. The summed E-state index contributed by atoms with van der Waals surface area (Å²) >= 11 is 5.97. The molecule has 0 saturated carbocycles. The van der Waals surface area contributed by atoms with Crippen LogP contribution in [-0.4, -0.2) is 30.4 Å². The number of carbonyl (C=O) groups is 4. The number of benzene rings is 2. The van der Waals surface area contributed by atoms with Crippen LogP contribution in [-0.2, 0) is 14.3 Å². The molecule has 33 heavy (non-hydrogen) atoms. The van der Waals surface area contributed by atoms with Crippen LogP contribution in [0.1, 0.15) is 23.0 Å². The van der Waals surface area contributed by atoms with E-state index in [0.717, 1.165) is 4.90 Å². The van der Waals surface area contributed by atoms with Crippen molar-refractivity contribution in [1.82, 2.24) is 5.32 Å². The topological polar surface area (TPSA) is 106 Å². The first-order chi connectivity index (χ1) is 15.9. The first-order valence-electron chi connectivity index (χ1n) is 9.92. The van der Waals surface area contributed by atoms with Crippen LogP contribution in [0.3, 0.4) is 0 Å². The standard InChI is InChI=1S/C24H17ClN2O6/c1-2-32-23(30)15-8-6-14(7-9-15)20-11-10-18(33-20)13-19-21(28)26-24(31)27(22(19)29)17-5-3-4-16(25)12-17/h3-13H,2H2,1H3,(H,26,28,31)/b19-13-. The highest BCUT2D eigenvalue weighted by atomic mass is 35.5. The van der Waals surface area contributed by atoms with Gasteiger partial charge in [-0.15, -0.1) is 0 Å². The summed E-state index contributed by atoms with van der Waals surface area (Å²) in [6.07, 6.45) is 1.26. The lowest BCUT2D eigenvalue weighted by Crippen LogP contribution is -2.54. The minimum Gasteiger partial charge on any atom is -0.462 e. The molecule has 2 aromatic carbocycles. The zero-order chi connectivity index (χ0) is 23.5. The van der Waals surface area contributed by atoms with Gasteiger partial charge in [0.1, 0.15) is 17.1 Å². The van der Waals surface area contributed by atoms with E-state index in [2.05, 4.69) is 5.32 Å². The van der Waals surface area contributed by atoms with Crippen molar-refractivity contribution in [2.75, 3.05) is 11.5 Å². The van der Waals surface area contributed by atoms with E-state index in [1.807, 2.05) is 0 Å². The quantitative estimate of drug-likeness (QED) is 0.340. The summed E-state index contributed by atoms with van der Waals surface area (Å²) in [5.41, 5.74) is 1.05. The van der Waals surface area contributed by atoms with Crippen molar-refractivity contribution in [2.24, 2.45) is 0 Å². The van der Waals surface area contributed by atoms with Gasteiger partial charge in [-0.25, -0.2) is 14.5 Å². The summed E-state index contributed by atoms with van der Waals surface area (Å²) in [6.45, 7) is 2.01. The van der Waals surface area contributed by atoms with E-state index in [1.54, 1.807) is 55.5 Å². The number of nitrogens with zero attached hydrogens (tertiary/aromatic N) is 1. The van der Waals surface area contributed by atoms with Gasteiger partial charge in [-0.05, 0) is 55.5 Å². The molecule has 0 unspecified atom stereocenters. The van der Waals surface area contributed by atoms with Gasteiger partial charge in [-0.2, -0.15) is 0 Å². The number of esters is 1. The van der Waals surface area contributed by atoms with Crippen molar-refractivity contribution in [1.29, 1.82) is 0 Å². The number of anilines is 1. The molecule has 0 aliphatic carbocycles. The smallest absolute Gasteiger partial charge is 0.338 e. The Labute approximate surface area is 193 Å². The molecule has 2 heterocycles. The number of urea groups is 1. The fourth-order valence-electron chi connectivity index (χ4n) is 3.22. The molecule has 1 aliphatic heterocycles. The number of furan rings is 1. The Morgan fingerprint density at radius 2 is 1.85 bits per heavy atom. The Balaban J connectivity index is 1.60. The number of amides is 4. The average molecular weight is 465 g/mol. The molecule has 8 nitrogen and oxygen atoms in total. The second kappa shape index (κ2) is 9.13. The van der Waals surface area contributed by atoms with E-state index in [-0.39, 0.29) is 23.6 Å². The van der Waals surface area contributed by atoms with Crippen LogP contribution in [0.2, 0.25) is 5.02 Å². The minimum absolute atomic E-state index is 0.227. The molecule has 1 aromatic heterocycles. The molecule has 0 radical (unpaired) electrons. The van der Waals surface area contributed by atoms with Gasteiger partial charge in [-0.1, -0.05) is 29.8 Å². The molecule has 0 spiro atoms. The van der Waals surface area contributed by atoms with Gasteiger partial charge in [-0.3, -0.25) is 14.9 Å². The first kappa shape index (κ1) is 22.0. The molecular weight excluding hydrogens is 448 g/mol. The Morgan fingerprint density at radius 3 is 2.55 bits per heavy atom. The Kier molecular flexibility index (Phi) is 6.10. The van der Waals surface area contributed by atoms with E-state index >= 15 is 0 Å². The maximum absolute atomic E-state index is 12.9. The van der Waals surface area contributed by atoms with Gasteiger partial charge < -0.3 is 9.15 Å². The second-order valence-electron chi connectivity index (χ2n) is 6.94. The number of imide groups is 2. The molecule has 1 fully saturated rings. The molecule has 9 heteroatoms. The van der Waals surface area contributed by atoms with E-state index < -0.39 is 23.8 Å². The molecule has 1 aliphatic rings. The molecule has 4 amide bonds. The highest BCUT2D eigenvalue weighted by molar-refractivity contribution is 6.39. The largest absolute Gasteiger partial charge is 0.462 e. The van der Waals surface area contributed by atoms with E-state index in [9.17, 15) is 19.2 Å². The second-order valence-corrected chi connectivity index (χ2v) is 7.37. The van der Waals surface area contributed by atoms with Crippen molar-refractivity contribution >= 4 is 47.2 Å². The molecule has 0 atom stereocenters. The van der Waals surface area contributed by atoms with Gasteiger partial charge in [0.25, 0.3) is 11.8 Å². The van der Waals surface area contributed by atoms with Gasteiger partial charge >= 0.3 is 12.0 Å². The van der Waals surface area contributed by atoms with Crippen molar-refractivity contribution in [3.63, 3.8) is 0 Å². The summed E-state index contributed by atoms with van der Waals surface area (Å²) in [6, 6.07) is 15.2. The third kappa shape index (κ3) is 4.56. The monoisotopic (exact) mass is 464 g/mol. The normalized spacial score (nSPS) is 15.0. The fraction of sp³-hybridized carbons (Fsp3) is 0.0833. The zero-order valence-corrected chi connectivity index (χ0v) is 18.1. The van der Waals surface area contributed by atoms with Crippen LogP contribution in [0.15, 0.2) is 70.7 Å². The first-order valence-corrected chi connectivity index (χ1v) is 10.3. The summed E-state index contributed by atoms with van der Waals surface area (Å²) in [5.74, 6) is -1.36. The number of halogens is 1. The summed E-state index contributed by atoms with van der Waals surface area (Å²) in [5, 5.41) is 2.48. The van der Waals surface area contributed by atoms with Crippen molar-refractivity contribution < 1.29 is 28.3 Å². The Hall–Kier alpha value is -4.17. The lowest BCUT2D eigenvalue weighted by atomic mass is 10.1. The maximum atomic E-state index is 12.9. The van der Waals surface area contributed by atoms with Gasteiger partial charge in [0, 0.05) is 10.6 Å². The number of rotatable bonds is 5. The summed E-state index contributed by atoms with van der Waals surface area (Å²) < 4.78 is 10.7. The highest BCUT2D eigenvalue weighted by Crippen LogP contribution is 2.27. The Bertz CT molecular complexity index is 1290. The lowest BCUT2D eigenvalue weighted by Gasteiger charge is -2.26. The highest BCUT2D eigenvalue weighted by Gasteiger charge is 2.37. The fourth-order valence-corrected chi connectivity index (χ4v) is 3.40. The van der Waals surface area contributed by atoms with E-state index in [1.165, 1.54) is 18.2 Å². The SMILES string of the molecule is CCOC(=O)c1ccc(-c2ccc(/C=C3/C(=O)NC(=O)N(c4cccc(Cl)c4)C3=O)o2)cc1. The minimum atomic E-state index is -0.869. The van der Waals surface area contributed by atoms with Crippen LogP contribution in [0.25, 0.3) is 17.4 Å². The molecule has 166 valence electrons. The van der Waals surface area contributed by atoms with Gasteiger partial charge in [0.05, 0.1) is 17.9 Å². The lowest BCUT2D eigenvalue weighted by molar-refractivity contribution is -0.122. The van der Waals surface area contributed by atoms with Crippen molar-refractivity contribution in [3.8, 4) is 11.3 Å². The van der Waals surface area contributed by atoms with E-state index in [0.29, 0.717) is 21.9 Å². The van der Waals surface area contributed by atoms with Gasteiger partial charge in [0.15, 0.2) is 0 Å². The number of barbiturate groups is 1. The zero-order valence-electron chi connectivity index (χ0n) is 17.3. The van der Waals surface area contributed by atoms with Crippen LogP contribution < -0.4 is 10.2 Å². The number of nitrogens with one attached hydrogen (secondary N) is 1. The van der Waals surface area contributed by atoms with Gasteiger partial charge in [0.2, 0.25) is 0 Å². The van der Waals surface area contributed by atoms with Crippen molar-refractivity contribution in [2.45, 2.75) is 6.92 Å². The van der Waals surface area contributed by atoms with Crippen LogP contribution in [0.5, 0.6) is 0 Å². The molecule has 1 N–H and O–H groups in total. The van der Waals surface area contributed by atoms with Crippen LogP contribution >= 0.6 is 11.6 Å². The predicted octanol–water partition coefficient (Wildman–Crippen LogP) is 4.44. The number of carbonyl (C=O) groups excluding carboxylic acids is 4. The molecule has 0 bridgehead atoms. The average Bonchev–Trinajstić information content (AvgIpc) is 3.25. The number of hydrogen-bond donors (Lipinski definition) is 1. The maximum Gasteiger partial charge on any atom is 0.338 e. The predicted molar refractivity (Wildman–Crippen MR) is 121 cm³/mol. The number of ether oxygens (including phenoxy) is 1. The number of hydrogen-bond acceptors (Lipinski definition) is 6.